The molecule has 0 saturated carbocycles. The van der Waals surface area contributed by atoms with E-state index in [4.69, 9.17) is 20.9 Å². The number of rotatable bonds is 7. The van der Waals surface area contributed by atoms with E-state index in [0.29, 0.717) is 34.3 Å². The van der Waals surface area contributed by atoms with Crippen LogP contribution in [-0.4, -0.2) is 30.6 Å². The predicted octanol–water partition coefficient (Wildman–Crippen LogP) is 4.13. The van der Waals surface area contributed by atoms with E-state index in [0.717, 1.165) is 4.47 Å². The van der Waals surface area contributed by atoms with Gasteiger partial charge in [0.05, 0.1) is 35.8 Å². The van der Waals surface area contributed by atoms with E-state index in [9.17, 15) is 4.79 Å². The van der Waals surface area contributed by atoms with Gasteiger partial charge in [0.15, 0.2) is 12.4 Å². The number of ether oxygens (including phenoxy) is 1. The van der Waals surface area contributed by atoms with Gasteiger partial charge in [-0.1, -0.05) is 32.7 Å². The van der Waals surface area contributed by atoms with Crippen LogP contribution in [0.1, 0.15) is 21.8 Å². The van der Waals surface area contributed by atoms with Crippen LogP contribution in [0.3, 0.4) is 0 Å². The molecule has 9 nitrogen and oxygen atoms in total. The minimum Gasteiger partial charge on any atom is -0.471 e. The van der Waals surface area contributed by atoms with Crippen molar-refractivity contribution >= 4 is 39.1 Å². The summed E-state index contributed by atoms with van der Waals surface area (Å²) in [5, 5.41) is 15.5. The van der Waals surface area contributed by atoms with Gasteiger partial charge in [0.25, 0.3) is 5.91 Å². The van der Waals surface area contributed by atoms with Crippen LogP contribution in [0.4, 0.5) is 5.69 Å². The molecule has 3 heterocycles. The zero-order valence-electron chi connectivity index (χ0n) is 15.7. The number of amides is 1. The van der Waals surface area contributed by atoms with Crippen LogP contribution in [0, 0.1) is 6.92 Å². The maximum atomic E-state index is 12.7. The molecule has 0 saturated heterocycles. The molecule has 154 valence electrons. The summed E-state index contributed by atoms with van der Waals surface area (Å²) in [6.07, 6.45) is 6.37. The van der Waals surface area contributed by atoms with Crippen LogP contribution in [0.15, 0.2) is 58.0 Å². The molecule has 1 N–H and O–H groups in total. The van der Waals surface area contributed by atoms with Crippen LogP contribution in [0.25, 0.3) is 0 Å². The second-order valence-electron chi connectivity index (χ2n) is 6.37. The van der Waals surface area contributed by atoms with Gasteiger partial charge in [0, 0.05) is 16.2 Å². The number of hydrogen-bond donors (Lipinski definition) is 1. The summed E-state index contributed by atoms with van der Waals surface area (Å²) in [7, 11) is 0. The highest BCUT2D eigenvalue weighted by Gasteiger charge is 2.21. The van der Waals surface area contributed by atoms with Gasteiger partial charge in [0.2, 0.25) is 0 Å². The molecule has 4 aromatic rings. The molecule has 1 amide bonds. The molecule has 0 fully saturated rings. The van der Waals surface area contributed by atoms with Crippen LogP contribution in [0.2, 0.25) is 5.02 Å². The number of nitrogens with one attached hydrogen (secondary N) is 1. The number of benzene rings is 1. The second kappa shape index (κ2) is 8.72. The van der Waals surface area contributed by atoms with E-state index in [-0.39, 0.29) is 12.4 Å². The predicted molar refractivity (Wildman–Crippen MR) is 113 cm³/mol. The number of aromatic nitrogens is 5. The van der Waals surface area contributed by atoms with Gasteiger partial charge in [-0.25, -0.2) is 4.68 Å². The molecule has 0 atom stereocenters. The summed E-state index contributed by atoms with van der Waals surface area (Å²) in [5.41, 5.74) is 1.31. The van der Waals surface area contributed by atoms with Crippen molar-refractivity contribution in [3.8, 4) is 5.75 Å². The molecule has 0 bridgehead atoms. The molecule has 0 aliphatic rings. The SMILES string of the molecule is Cc1onc(C(=O)Nc2cnn(COc3ccc(Br)cc3)c2)c1Cn1cc(Cl)cn1. The minimum atomic E-state index is -0.409. The molecule has 30 heavy (non-hydrogen) atoms. The summed E-state index contributed by atoms with van der Waals surface area (Å²) in [6, 6.07) is 7.46. The minimum absolute atomic E-state index is 0.179. The van der Waals surface area contributed by atoms with E-state index in [1.165, 1.54) is 12.4 Å². The number of nitrogens with zero attached hydrogens (tertiary/aromatic N) is 5. The lowest BCUT2D eigenvalue weighted by atomic mass is 10.2. The van der Waals surface area contributed by atoms with E-state index < -0.39 is 5.91 Å². The number of halogens is 2. The van der Waals surface area contributed by atoms with Gasteiger partial charge >= 0.3 is 0 Å². The third kappa shape index (κ3) is 4.71. The quantitative estimate of drug-likeness (QED) is 0.417. The normalized spacial score (nSPS) is 10.9. The highest BCUT2D eigenvalue weighted by molar-refractivity contribution is 9.10. The Labute approximate surface area is 184 Å². The smallest absolute Gasteiger partial charge is 0.278 e. The lowest BCUT2D eigenvalue weighted by molar-refractivity contribution is 0.101. The van der Waals surface area contributed by atoms with E-state index in [1.807, 2.05) is 24.3 Å². The first-order valence-corrected chi connectivity index (χ1v) is 10.0. The van der Waals surface area contributed by atoms with Gasteiger partial charge in [-0.15, -0.1) is 0 Å². The monoisotopic (exact) mass is 490 g/mol. The first-order chi connectivity index (χ1) is 14.5. The lowest BCUT2D eigenvalue weighted by Crippen LogP contribution is -2.15. The maximum absolute atomic E-state index is 12.7. The summed E-state index contributed by atoms with van der Waals surface area (Å²) in [6.45, 7) is 2.25. The maximum Gasteiger partial charge on any atom is 0.278 e. The van der Waals surface area contributed by atoms with Crippen molar-refractivity contribution < 1.29 is 14.1 Å². The van der Waals surface area contributed by atoms with Crippen molar-refractivity contribution in [3.63, 3.8) is 0 Å². The Morgan fingerprint density at radius 2 is 1.97 bits per heavy atom. The molecule has 4 rings (SSSR count). The van der Waals surface area contributed by atoms with Gasteiger partial charge < -0.3 is 14.6 Å². The van der Waals surface area contributed by atoms with Gasteiger partial charge in [-0.3, -0.25) is 9.48 Å². The molecular formula is C19H16BrClN6O3. The molecule has 0 unspecified atom stereocenters. The topological polar surface area (TPSA) is 100 Å². The zero-order valence-corrected chi connectivity index (χ0v) is 18.1. The van der Waals surface area contributed by atoms with Gasteiger partial charge in [-0.2, -0.15) is 10.2 Å². The molecule has 0 spiro atoms. The third-order valence-electron chi connectivity index (χ3n) is 4.19. The van der Waals surface area contributed by atoms with E-state index >= 15 is 0 Å². The third-order valence-corrected chi connectivity index (χ3v) is 4.91. The van der Waals surface area contributed by atoms with Crippen molar-refractivity contribution in [2.45, 2.75) is 20.2 Å². The largest absolute Gasteiger partial charge is 0.471 e. The first kappa shape index (κ1) is 20.2. The fraction of sp³-hybridized carbons (Fsp3) is 0.158. The number of anilines is 1. The highest BCUT2D eigenvalue weighted by atomic mass is 79.9. The van der Waals surface area contributed by atoms with Crippen LogP contribution >= 0.6 is 27.5 Å². The molecule has 0 aliphatic carbocycles. The van der Waals surface area contributed by atoms with Crippen LogP contribution < -0.4 is 10.1 Å². The summed E-state index contributed by atoms with van der Waals surface area (Å²) >= 11 is 9.28. The molecule has 11 heteroatoms. The van der Waals surface area contributed by atoms with Crippen molar-refractivity contribution in [2.24, 2.45) is 0 Å². The van der Waals surface area contributed by atoms with Gasteiger partial charge in [0.1, 0.15) is 11.5 Å². The Morgan fingerprint density at radius 3 is 2.70 bits per heavy atom. The van der Waals surface area contributed by atoms with Crippen molar-refractivity contribution in [3.05, 3.63) is 75.6 Å². The van der Waals surface area contributed by atoms with Crippen LogP contribution in [-0.2, 0) is 13.3 Å². The number of carbonyl (C=O) groups is 1. The Morgan fingerprint density at radius 1 is 1.20 bits per heavy atom. The average molecular weight is 492 g/mol. The molecule has 1 aromatic carbocycles. The summed E-state index contributed by atoms with van der Waals surface area (Å²) < 4.78 is 15.0. The zero-order chi connectivity index (χ0) is 21.1. The Bertz CT molecular complexity index is 1170. The van der Waals surface area contributed by atoms with Gasteiger partial charge in [-0.05, 0) is 31.2 Å². The fourth-order valence-corrected chi connectivity index (χ4v) is 3.12. The molecule has 0 aliphatic heterocycles. The molecule has 0 radical (unpaired) electrons. The van der Waals surface area contributed by atoms with E-state index in [1.54, 1.807) is 28.7 Å². The summed E-state index contributed by atoms with van der Waals surface area (Å²) in [5.74, 6) is 0.833. The number of carbonyl (C=O) groups excluding carboxylic acids is 1. The highest BCUT2D eigenvalue weighted by Crippen LogP contribution is 2.19. The van der Waals surface area contributed by atoms with E-state index in [2.05, 4.69) is 36.6 Å². The number of hydrogen-bond acceptors (Lipinski definition) is 6. The van der Waals surface area contributed by atoms with Crippen molar-refractivity contribution in [1.29, 1.82) is 0 Å². The first-order valence-electron chi connectivity index (χ1n) is 8.83. The van der Waals surface area contributed by atoms with Crippen LogP contribution in [0.5, 0.6) is 5.75 Å². The Hall–Kier alpha value is -3.11. The van der Waals surface area contributed by atoms with Crippen molar-refractivity contribution in [2.75, 3.05) is 5.32 Å². The Balaban J connectivity index is 1.40. The average Bonchev–Trinajstić information content (AvgIpc) is 3.43. The standard InChI is InChI=1S/C19H16BrClN6O3/c1-12-17(10-26-8-14(21)6-22-26)18(25-30-12)19(28)24-15-7-23-27(9-15)11-29-16-4-2-13(20)3-5-16/h2-9H,10-11H2,1H3,(H,24,28). The summed E-state index contributed by atoms with van der Waals surface area (Å²) in [4.78, 5) is 12.7. The van der Waals surface area contributed by atoms with Crippen molar-refractivity contribution in [1.82, 2.24) is 24.7 Å². The fourth-order valence-electron chi connectivity index (χ4n) is 2.70. The second-order valence-corrected chi connectivity index (χ2v) is 7.72. The molecule has 3 aromatic heterocycles. The molecular weight excluding hydrogens is 476 g/mol. The lowest BCUT2D eigenvalue weighted by Gasteiger charge is -2.06. The Kier molecular flexibility index (Phi) is 5.86. The number of aryl methyl sites for hydroxylation is 1.